The fraction of sp³-hybridized carbons (Fsp3) is 0.486. The Bertz CT molecular complexity index is 1790. The number of imidazole rings is 1. The summed E-state index contributed by atoms with van der Waals surface area (Å²) < 4.78 is 0. The second-order valence-corrected chi connectivity index (χ2v) is 13.2. The molecule has 0 fully saturated rings. The number of nitrogens with two attached hydrogens (primary N) is 6. The summed E-state index contributed by atoms with van der Waals surface area (Å²) in [4.78, 5) is 84.8. The van der Waals surface area contributed by atoms with Gasteiger partial charge in [-0.05, 0) is 63.1 Å². The molecular weight excluding hydrogens is 726 g/mol. The van der Waals surface area contributed by atoms with Crippen molar-refractivity contribution < 1.29 is 29.1 Å². The van der Waals surface area contributed by atoms with Crippen molar-refractivity contribution >= 4 is 52.4 Å². The molecule has 5 atom stereocenters. The number of hydrogen-bond donors (Lipinski definition) is 13. The van der Waals surface area contributed by atoms with Gasteiger partial charge < -0.3 is 70.7 Å². The highest BCUT2D eigenvalue weighted by Crippen LogP contribution is 2.19. The van der Waals surface area contributed by atoms with Gasteiger partial charge in [0, 0.05) is 54.9 Å². The predicted molar refractivity (Wildman–Crippen MR) is 210 cm³/mol. The number of carbonyl (C=O) groups excluding carboxylic acids is 4. The van der Waals surface area contributed by atoms with Crippen LogP contribution in [0.2, 0.25) is 0 Å². The monoisotopic (exact) mass is 781 g/mol. The predicted octanol–water partition coefficient (Wildman–Crippen LogP) is -2.74. The number of aliphatic carboxylic acids is 1. The Balaban J connectivity index is 1.86. The summed E-state index contributed by atoms with van der Waals surface area (Å²) >= 11 is 0. The van der Waals surface area contributed by atoms with E-state index in [1.165, 1.54) is 12.5 Å². The molecule has 0 aliphatic rings. The number of nitrogens with zero attached hydrogens (tertiary/aromatic N) is 3. The van der Waals surface area contributed by atoms with Gasteiger partial charge in [-0.2, -0.15) is 0 Å². The number of hydrogen-bond acceptors (Lipinski definition) is 10. The number of amides is 4. The standard InChI is InChI=1S/C35H55N15O6/c36-12-4-3-9-25(31(53)49-27(33(55)56)11-6-14-44-35(40)41)47-30(52)26(10-5-13-43-34(38)39)48-32(54)28(15-20-17-45-24-8-2-1-7-22(20)24)50-29(51)23(37)16-21-18-42-19-46-21/h1-2,7-8,17-19,23,25-28,45H,3-6,9-16,36-37H2,(H,42,46)(H,47,52)(H,48,54)(H,49,53)(H,50,51)(H,55,56)(H4,38,39,43)(H4,40,41,44)/t23-,25-,26-,27-,28-/m0/s1. The van der Waals surface area contributed by atoms with Gasteiger partial charge in [0.15, 0.2) is 11.9 Å². The van der Waals surface area contributed by atoms with Crippen LogP contribution in [0.4, 0.5) is 0 Å². The van der Waals surface area contributed by atoms with Crippen molar-refractivity contribution in [3.8, 4) is 0 Å². The van der Waals surface area contributed by atoms with Crippen LogP contribution < -0.4 is 55.7 Å². The Morgan fingerprint density at radius 3 is 1.84 bits per heavy atom. The third-order valence-electron chi connectivity index (χ3n) is 8.78. The van der Waals surface area contributed by atoms with Crippen LogP contribution >= 0.6 is 0 Å². The molecule has 306 valence electrons. The Kier molecular flexibility index (Phi) is 18.0. The van der Waals surface area contributed by atoms with Gasteiger partial charge in [0.2, 0.25) is 23.6 Å². The third-order valence-corrected chi connectivity index (χ3v) is 8.78. The molecule has 0 unspecified atom stereocenters. The largest absolute Gasteiger partial charge is 0.480 e. The van der Waals surface area contributed by atoms with Gasteiger partial charge in [0.1, 0.15) is 24.2 Å². The van der Waals surface area contributed by atoms with Crippen molar-refractivity contribution in [2.45, 2.75) is 88.0 Å². The summed E-state index contributed by atoms with van der Waals surface area (Å²) in [6.45, 7) is 0.599. The SMILES string of the molecule is NCCCC[C@H](NC(=O)[C@H](CCCN=C(N)N)NC(=O)[C@H](Cc1c[nH]c2ccccc12)NC(=O)[C@@H](N)Cc1cnc[nH]1)C(=O)N[C@@H](CCCN=C(N)N)C(=O)O. The summed E-state index contributed by atoms with van der Waals surface area (Å²) in [6, 6.07) is 1.49. The topological polar surface area (TPSA) is 379 Å². The van der Waals surface area contributed by atoms with Crippen molar-refractivity contribution in [2.24, 2.45) is 44.4 Å². The number of carboxylic acids is 1. The lowest BCUT2D eigenvalue weighted by Gasteiger charge is -2.26. The Morgan fingerprint density at radius 1 is 0.714 bits per heavy atom. The smallest absolute Gasteiger partial charge is 0.326 e. The van der Waals surface area contributed by atoms with E-state index in [-0.39, 0.29) is 70.0 Å². The van der Waals surface area contributed by atoms with Gasteiger partial charge in [0.25, 0.3) is 0 Å². The van der Waals surface area contributed by atoms with Crippen LogP contribution in [0, 0.1) is 0 Å². The number of aromatic nitrogens is 3. The molecular formula is C35H55N15O6. The average molecular weight is 782 g/mol. The zero-order chi connectivity index (χ0) is 41.0. The molecule has 56 heavy (non-hydrogen) atoms. The zero-order valence-corrected chi connectivity index (χ0v) is 31.2. The van der Waals surface area contributed by atoms with Crippen LogP contribution in [0.3, 0.4) is 0 Å². The van der Waals surface area contributed by atoms with E-state index >= 15 is 0 Å². The summed E-state index contributed by atoms with van der Waals surface area (Å²) in [5.74, 6) is -4.39. The van der Waals surface area contributed by atoms with Crippen molar-refractivity contribution in [1.82, 2.24) is 36.2 Å². The lowest BCUT2D eigenvalue weighted by Crippen LogP contribution is -2.59. The van der Waals surface area contributed by atoms with E-state index in [1.54, 1.807) is 6.20 Å². The lowest BCUT2D eigenvalue weighted by atomic mass is 10.0. The molecule has 19 N–H and O–H groups in total. The Morgan fingerprint density at radius 2 is 1.27 bits per heavy atom. The number of guanidine groups is 2. The molecule has 0 saturated carbocycles. The van der Waals surface area contributed by atoms with Gasteiger partial charge in [0.05, 0.1) is 12.4 Å². The quantitative estimate of drug-likeness (QED) is 0.0236. The van der Waals surface area contributed by atoms with Crippen LogP contribution in [0.1, 0.15) is 56.2 Å². The highest BCUT2D eigenvalue weighted by atomic mass is 16.4. The van der Waals surface area contributed by atoms with E-state index in [1.807, 2.05) is 24.3 Å². The second kappa shape index (κ2) is 22.9. The fourth-order valence-electron chi connectivity index (χ4n) is 5.85. The molecule has 0 aliphatic carbocycles. The summed E-state index contributed by atoms with van der Waals surface area (Å²) in [5.41, 5.74) is 35.7. The highest BCUT2D eigenvalue weighted by molar-refractivity contribution is 5.96. The molecule has 21 heteroatoms. The minimum Gasteiger partial charge on any atom is -0.480 e. The number of para-hydroxylation sites is 1. The van der Waals surface area contributed by atoms with Crippen LogP contribution in [-0.4, -0.2) is 111 Å². The van der Waals surface area contributed by atoms with E-state index < -0.39 is 59.8 Å². The number of carboxylic acid groups (broad SMARTS) is 1. The first kappa shape index (κ1) is 44.2. The van der Waals surface area contributed by atoms with Crippen molar-refractivity contribution in [2.75, 3.05) is 19.6 Å². The van der Waals surface area contributed by atoms with Crippen molar-refractivity contribution in [3.63, 3.8) is 0 Å². The number of nitrogens with one attached hydrogen (secondary N) is 6. The molecule has 2 heterocycles. The lowest BCUT2D eigenvalue weighted by molar-refractivity contribution is -0.142. The Labute approximate surface area is 323 Å². The first-order chi connectivity index (χ1) is 26.8. The number of fused-ring (bicyclic) bond motifs is 1. The number of benzene rings is 1. The summed E-state index contributed by atoms with van der Waals surface area (Å²) in [6.07, 6.45) is 6.50. The number of aliphatic imine (C=N–C) groups is 2. The number of rotatable bonds is 25. The fourth-order valence-corrected chi connectivity index (χ4v) is 5.85. The van der Waals surface area contributed by atoms with E-state index in [0.717, 1.165) is 16.5 Å². The molecule has 21 nitrogen and oxygen atoms in total. The van der Waals surface area contributed by atoms with Gasteiger partial charge in [-0.1, -0.05) is 18.2 Å². The van der Waals surface area contributed by atoms with Gasteiger partial charge in [-0.15, -0.1) is 0 Å². The summed E-state index contributed by atoms with van der Waals surface area (Å²) in [7, 11) is 0. The van der Waals surface area contributed by atoms with E-state index in [4.69, 9.17) is 34.4 Å². The molecule has 0 radical (unpaired) electrons. The molecule has 2 aromatic heterocycles. The minimum absolute atomic E-state index is 0.0138. The first-order valence-corrected chi connectivity index (χ1v) is 18.3. The maximum Gasteiger partial charge on any atom is 0.326 e. The van der Waals surface area contributed by atoms with Gasteiger partial charge >= 0.3 is 5.97 Å². The average Bonchev–Trinajstić information content (AvgIpc) is 3.82. The van der Waals surface area contributed by atoms with Crippen molar-refractivity contribution in [1.29, 1.82) is 0 Å². The number of carbonyl (C=O) groups is 5. The van der Waals surface area contributed by atoms with Crippen molar-refractivity contribution in [3.05, 3.63) is 54.2 Å². The van der Waals surface area contributed by atoms with Gasteiger partial charge in [-0.3, -0.25) is 29.2 Å². The Hall–Kier alpha value is -6.22. The maximum absolute atomic E-state index is 14.1. The van der Waals surface area contributed by atoms with E-state index in [0.29, 0.717) is 25.1 Å². The normalized spacial score (nSPS) is 13.7. The first-order valence-electron chi connectivity index (χ1n) is 18.3. The highest BCUT2D eigenvalue weighted by Gasteiger charge is 2.32. The minimum atomic E-state index is -1.30. The number of H-pyrrole nitrogens is 2. The zero-order valence-electron chi connectivity index (χ0n) is 31.2. The number of aromatic amines is 2. The molecule has 0 spiro atoms. The van der Waals surface area contributed by atoms with Crippen LogP contribution in [-0.2, 0) is 36.8 Å². The number of unbranched alkanes of at least 4 members (excludes halogenated alkanes) is 1. The van der Waals surface area contributed by atoms with E-state index in [9.17, 15) is 29.1 Å². The molecule has 3 aromatic rings. The van der Waals surface area contributed by atoms with Crippen LogP contribution in [0.25, 0.3) is 10.9 Å². The molecule has 3 rings (SSSR count). The molecule has 1 aromatic carbocycles. The van der Waals surface area contributed by atoms with Crippen LogP contribution in [0.15, 0.2) is 53.0 Å². The molecule has 4 amide bonds. The molecule has 0 bridgehead atoms. The van der Waals surface area contributed by atoms with E-state index in [2.05, 4.69) is 46.2 Å². The maximum atomic E-state index is 14.1. The third kappa shape index (κ3) is 14.9. The van der Waals surface area contributed by atoms with Gasteiger partial charge in [-0.25, -0.2) is 9.78 Å². The van der Waals surface area contributed by atoms with Crippen LogP contribution in [0.5, 0.6) is 0 Å². The summed E-state index contributed by atoms with van der Waals surface area (Å²) in [5, 5.41) is 21.3. The second-order valence-electron chi connectivity index (χ2n) is 13.2. The molecule has 0 aliphatic heterocycles. The molecule has 0 saturated heterocycles.